The smallest absolute Gasteiger partial charge is 0.217 e. The molecule has 0 amide bonds. The van der Waals surface area contributed by atoms with Crippen LogP contribution in [0.3, 0.4) is 0 Å². The van der Waals surface area contributed by atoms with E-state index in [4.69, 9.17) is 0 Å². The average Bonchev–Trinajstić information content (AvgIpc) is 3.57. The summed E-state index contributed by atoms with van der Waals surface area (Å²) in [6, 6.07) is 20.2. The van der Waals surface area contributed by atoms with Crippen LogP contribution in [-0.4, -0.2) is 55.3 Å². The van der Waals surface area contributed by atoms with Gasteiger partial charge < -0.3 is 15.1 Å². The molecule has 8 heteroatoms. The van der Waals surface area contributed by atoms with Gasteiger partial charge in [0, 0.05) is 77.2 Å². The van der Waals surface area contributed by atoms with Crippen molar-refractivity contribution in [2.24, 2.45) is 0 Å². The summed E-state index contributed by atoms with van der Waals surface area (Å²) in [6.07, 6.45) is 12.0. The molecule has 0 radical (unpaired) electrons. The number of anilines is 1. The van der Waals surface area contributed by atoms with E-state index in [1.807, 2.05) is 48.5 Å². The monoisotopic (exact) mass is 749 g/mol. The number of carbonyl (C=O) groups is 2. The van der Waals surface area contributed by atoms with Gasteiger partial charge in [-0.15, -0.1) is 0 Å². The molecule has 6 nitrogen and oxygen atoms in total. The van der Waals surface area contributed by atoms with E-state index in [2.05, 4.69) is 67.5 Å². The number of fused-ring (bicyclic) bond motifs is 6. The molecule has 0 aromatic heterocycles. The zero-order valence-corrected chi connectivity index (χ0v) is 33.6. The van der Waals surface area contributed by atoms with E-state index in [1.54, 1.807) is 13.8 Å². The Balaban J connectivity index is 1.54. The maximum atomic E-state index is 11.9. The normalized spacial score (nSPS) is 16.7. The Morgan fingerprint density at radius 3 is 1.85 bits per heavy atom. The van der Waals surface area contributed by atoms with Gasteiger partial charge in [0.25, 0.3) is 0 Å². The van der Waals surface area contributed by atoms with Gasteiger partial charge in [0.1, 0.15) is 18.0 Å². The van der Waals surface area contributed by atoms with Crippen molar-refractivity contribution in [3.05, 3.63) is 95.7 Å². The van der Waals surface area contributed by atoms with Crippen molar-refractivity contribution in [3.8, 4) is 11.5 Å². The number of nitrogens with zero attached hydrogens (tertiary/aromatic N) is 2. The van der Waals surface area contributed by atoms with Crippen LogP contribution < -0.4 is 4.90 Å². The van der Waals surface area contributed by atoms with E-state index < -0.39 is 0 Å². The minimum atomic E-state index is -0.309. The van der Waals surface area contributed by atoms with Gasteiger partial charge in [-0.3, -0.25) is 9.59 Å². The molecule has 6 rings (SSSR count). The van der Waals surface area contributed by atoms with Crippen LogP contribution in [0.2, 0.25) is 0 Å². The van der Waals surface area contributed by atoms with Crippen LogP contribution in [-0.2, 0) is 20.4 Å². The largest absolute Gasteiger partial charge is 0.507 e. The third-order valence-corrected chi connectivity index (χ3v) is 13.5. The van der Waals surface area contributed by atoms with E-state index in [0.717, 1.165) is 107 Å². The van der Waals surface area contributed by atoms with Crippen molar-refractivity contribution in [1.29, 1.82) is 0 Å². The molecule has 0 unspecified atom stereocenters. The third kappa shape index (κ3) is 6.82. The van der Waals surface area contributed by atoms with Gasteiger partial charge in [0.15, 0.2) is 15.9 Å². The van der Waals surface area contributed by atoms with E-state index in [9.17, 15) is 19.8 Å². The van der Waals surface area contributed by atoms with Crippen LogP contribution in [0.15, 0.2) is 84.6 Å². The fourth-order valence-corrected chi connectivity index (χ4v) is 10.2. The Labute approximate surface area is 323 Å². The Bertz CT molecular complexity index is 2140. The highest BCUT2D eigenvalue weighted by atomic mass is 32.2. The predicted molar refractivity (Wildman–Crippen MR) is 226 cm³/mol. The topological polar surface area (TPSA) is 80.9 Å². The second-order valence-electron chi connectivity index (χ2n) is 14.2. The number of phenols is 2. The predicted octanol–water partition coefficient (Wildman–Crippen LogP) is 10.9. The summed E-state index contributed by atoms with van der Waals surface area (Å²) in [5.41, 5.74) is 6.41. The van der Waals surface area contributed by atoms with Crippen molar-refractivity contribution in [2.45, 2.75) is 90.9 Å². The van der Waals surface area contributed by atoms with Gasteiger partial charge in [-0.05, 0) is 61.9 Å². The second-order valence-corrected chi connectivity index (χ2v) is 16.8. The van der Waals surface area contributed by atoms with Crippen LogP contribution in [0.25, 0.3) is 21.5 Å². The Morgan fingerprint density at radius 2 is 1.26 bits per heavy atom. The number of hydrogen-bond acceptors (Lipinski definition) is 7. The molecule has 4 aromatic carbocycles. The molecule has 4 aromatic rings. The number of rotatable bonds is 14. The van der Waals surface area contributed by atoms with Gasteiger partial charge >= 0.3 is 0 Å². The van der Waals surface area contributed by atoms with E-state index in [-0.39, 0.29) is 21.1 Å². The molecule has 278 valence electrons. The standard InChI is InChI=1S/C45H52N2O4S2/c1-7-44(8-2)36-28-38(50)32-18-11-13-20-34(32)42(36)46(24-16-26-52-30(5)48)40(44)22-15-23-41-45(9-3,10-4)37-29-39(51)33-19-12-14-21-35(33)43(37)47(41)25-17-27-53-31(6)49/h11-15,18-23,28-29H,7-10,16-17,24-27H2,1-6H3,(H-,50,51)/p+1. The number of allylic oxidation sites excluding steroid dienone is 4. The van der Waals surface area contributed by atoms with Crippen LogP contribution in [0.1, 0.15) is 91.2 Å². The molecule has 2 N–H and O–H groups in total. The van der Waals surface area contributed by atoms with Gasteiger partial charge in [0.2, 0.25) is 5.69 Å². The van der Waals surface area contributed by atoms with Crippen molar-refractivity contribution < 1.29 is 24.4 Å². The first-order chi connectivity index (χ1) is 25.6. The summed E-state index contributed by atoms with van der Waals surface area (Å²) >= 11 is 2.75. The third-order valence-electron chi connectivity index (χ3n) is 11.7. The molecule has 0 spiro atoms. The first-order valence-corrected chi connectivity index (χ1v) is 21.1. The molecule has 0 bridgehead atoms. The number of phenolic OH excluding ortho intramolecular Hbond substituents is 2. The molecule has 0 aliphatic carbocycles. The van der Waals surface area contributed by atoms with E-state index >= 15 is 0 Å². The van der Waals surface area contributed by atoms with Gasteiger partial charge in [-0.25, -0.2) is 0 Å². The van der Waals surface area contributed by atoms with Crippen LogP contribution >= 0.6 is 23.5 Å². The van der Waals surface area contributed by atoms with Crippen LogP contribution in [0.5, 0.6) is 11.5 Å². The summed E-state index contributed by atoms with van der Waals surface area (Å²) in [5.74, 6) is 2.10. The number of aromatic hydroxyl groups is 2. The zero-order chi connectivity index (χ0) is 37.9. The molecule has 2 heterocycles. The Hall–Kier alpha value is -4.01. The van der Waals surface area contributed by atoms with Crippen molar-refractivity contribution in [2.75, 3.05) is 29.5 Å². The maximum absolute atomic E-state index is 11.9. The lowest BCUT2D eigenvalue weighted by molar-refractivity contribution is -0.435. The summed E-state index contributed by atoms with van der Waals surface area (Å²) < 4.78 is 2.46. The highest BCUT2D eigenvalue weighted by Crippen LogP contribution is 2.56. The first-order valence-electron chi connectivity index (χ1n) is 19.2. The lowest BCUT2D eigenvalue weighted by Gasteiger charge is -2.32. The van der Waals surface area contributed by atoms with Crippen LogP contribution in [0.4, 0.5) is 11.4 Å². The highest BCUT2D eigenvalue weighted by Gasteiger charge is 2.50. The minimum absolute atomic E-state index is 0.132. The molecular weight excluding hydrogens is 697 g/mol. The molecular formula is C45H53N2O4S2+. The fraction of sp³-hybridized carbons (Fsp3) is 0.400. The summed E-state index contributed by atoms with van der Waals surface area (Å²) in [4.78, 5) is 26.2. The molecule has 53 heavy (non-hydrogen) atoms. The minimum Gasteiger partial charge on any atom is -0.507 e. The molecule has 0 saturated heterocycles. The number of benzene rings is 4. The van der Waals surface area contributed by atoms with E-state index in [0.29, 0.717) is 11.5 Å². The maximum Gasteiger partial charge on any atom is 0.217 e. The quantitative estimate of drug-likeness (QED) is 0.0981. The van der Waals surface area contributed by atoms with Gasteiger partial charge in [0.05, 0.1) is 16.5 Å². The number of thioether (sulfide) groups is 2. The molecule has 2 aliphatic rings. The van der Waals surface area contributed by atoms with Gasteiger partial charge in [-0.1, -0.05) is 99.8 Å². The Morgan fingerprint density at radius 1 is 0.736 bits per heavy atom. The lowest BCUT2D eigenvalue weighted by Crippen LogP contribution is -2.33. The fourth-order valence-electron chi connectivity index (χ4n) is 9.08. The Kier molecular flexibility index (Phi) is 11.8. The SMILES string of the molecule is CCC1(CC)C(/C=C/C=C2/N(CCCSC(C)=O)c3c(cc(O)c4ccccc34)C2(CC)CC)=[N+](CCCSC(C)=O)c2c1cc(O)c1ccccc21. The molecule has 0 saturated carbocycles. The number of hydrogen-bond donors (Lipinski definition) is 2. The molecule has 0 fully saturated rings. The van der Waals surface area contributed by atoms with Crippen LogP contribution in [0, 0.1) is 0 Å². The summed E-state index contributed by atoms with van der Waals surface area (Å²) in [5, 5.41) is 26.7. The van der Waals surface area contributed by atoms with Crippen molar-refractivity contribution >= 4 is 72.4 Å². The van der Waals surface area contributed by atoms with E-state index in [1.165, 1.54) is 34.9 Å². The zero-order valence-electron chi connectivity index (χ0n) is 32.0. The van der Waals surface area contributed by atoms with Crippen molar-refractivity contribution in [1.82, 2.24) is 0 Å². The number of carbonyl (C=O) groups excluding carboxylic acids is 2. The second kappa shape index (κ2) is 16.2. The lowest BCUT2D eigenvalue weighted by atomic mass is 9.72. The summed E-state index contributed by atoms with van der Waals surface area (Å²) in [7, 11) is 0. The summed E-state index contributed by atoms with van der Waals surface area (Å²) in [6.45, 7) is 13.7. The average molecular weight is 750 g/mol. The molecule has 2 aliphatic heterocycles. The highest BCUT2D eigenvalue weighted by molar-refractivity contribution is 8.13. The first kappa shape index (κ1) is 38.7. The molecule has 0 atom stereocenters. The van der Waals surface area contributed by atoms with Gasteiger partial charge in [-0.2, -0.15) is 4.58 Å². The van der Waals surface area contributed by atoms with Crippen molar-refractivity contribution in [3.63, 3.8) is 0 Å².